The van der Waals surface area contributed by atoms with E-state index in [0.717, 1.165) is 12.3 Å². The van der Waals surface area contributed by atoms with E-state index in [1.807, 2.05) is 12.1 Å². The van der Waals surface area contributed by atoms with Crippen LogP contribution < -0.4 is 10.1 Å². The van der Waals surface area contributed by atoms with Crippen LogP contribution in [0, 0.1) is 0 Å². The van der Waals surface area contributed by atoms with Gasteiger partial charge in [0.2, 0.25) is 5.91 Å². The molecule has 0 spiro atoms. The van der Waals surface area contributed by atoms with Crippen LogP contribution in [0.4, 0.5) is 0 Å². The van der Waals surface area contributed by atoms with Gasteiger partial charge >= 0.3 is 0 Å². The molecule has 0 aliphatic carbocycles. The molecular weight excluding hydrogens is 280 g/mol. The van der Waals surface area contributed by atoms with Gasteiger partial charge in [-0.15, -0.1) is 0 Å². The zero-order valence-electron chi connectivity index (χ0n) is 13.3. The molecule has 1 heterocycles. The second-order valence-corrected chi connectivity index (χ2v) is 5.83. The van der Waals surface area contributed by atoms with E-state index in [-0.39, 0.29) is 5.91 Å². The van der Waals surface area contributed by atoms with E-state index < -0.39 is 6.23 Å². The van der Waals surface area contributed by atoms with Crippen molar-refractivity contribution in [2.75, 3.05) is 19.7 Å². The molecule has 1 unspecified atom stereocenters. The van der Waals surface area contributed by atoms with Crippen LogP contribution in [-0.4, -0.2) is 41.8 Å². The highest BCUT2D eigenvalue weighted by molar-refractivity contribution is 5.72. The zero-order chi connectivity index (χ0) is 15.8. The SMILES string of the molecule is CC(=O)NC(O)CCOc1ccc(CN2CCCCC2)cc1. The minimum absolute atomic E-state index is 0.241. The molecule has 1 amide bonds. The van der Waals surface area contributed by atoms with Crippen LogP contribution in [0.15, 0.2) is 24.3 Å². The second kappa shape index (κ2) is 8.76. The Labute approximate surface area is 132 Å². The Balaban J connectivity index is 1.71. The molecule has 1 fully saturated rings. The zero-order valence-corrected chi connectivity index (χ0v) is 13.3. The Bertz CT molecular complexity index is 455. The van der Waals surface area contributed by atoms with Crippen LogP contribution in [-0.2, 0) is 11.3 Å². The molecule has 1 aromatic carbocycles. The quantitative estimate of drug-likeness (QED) is 0.755. The van der Waals surface area contributed by atoms with E-state index >= 15 is 0 Å². The van der Waals surface area contributed by atoms with Gasteiger partial charge in [0.15, 0.2) is 0 Å². The number of rotatable bonds is 7. The molecule has 1 atom stereocenters. The summed E-state index contributed by atoms with van der Waals surface area (Å²) >= 11 is 0. The number of carbonyl (C=O) groups is 1. The van der Waals surface area contributed by atoms with E-state index in [2.05, 4.69) is 22.3 Å². The van der Waals surface area contributed by atoms with Crippen molar-refractivity contribution >= 4 is 5.91 Å². The van der Waals surface area contributed by atoms with Gasteiger partial charge in [0.25, 0.3) is 0 Å². The van der Waals surface area contributed by atoms with E-state index in [1.165, 1.54) is 44.8 Å². The van der Waals surface area contributed by atoms with E-state index in [1.54, 1.807) is 0 Å². The van der Waals surface area contributed by atoms with Gasteiger partial charge in [-0.05, 0) is 43.6 Å². The van der Waals surface area contributed by atoms with Crippen molar-refractivity contribution in [3.63, 3.8) is 0 Å². The normalized spacial score (nSPS) is 17.0. The summed E-state index contributed by atoms with van der Waals surface area (Å²) in [6, 6.07) is 8.11. The van der Waals surface area contributed by atoms with Crippen molar-refractivity contribution in [2.45, 2.75) is 45.4 Å². The minimum Gasteiger partial charge on any atom is -0.493 e. The minimum atomic E-state index is -0.851. The van der Waals surface area contributed by atoms with Crippen molar-refractivity contribution in [1.29, 1.82) is 0 Å². The average Bonchev–Trinajstić information content (AvgIpc) is 2.49. The maximum Gasteiger partial charge on any atom is 0.218 e. The number of aliphatic hydroxyl groups excluding tert-OH is 1. The van der Waals surface area contributed by atoms with Crippen molar-refractivity contribution in [1.82, 2.24) is 10.2 Å². The van der Waals surface area contributed by atoms with Crippen molar-refractivity contribution in [3.8, 4) is 5.75 Å². The van der Waals surface area contributed by atoms with Crippen LogP contribution >= 0.6 is 0 Å². The van der Waals surface area contributed by atoms with Crippen molar-refractivity contribution in [2.24, 2.45) is 0 Å². The number of piperidine rings is 1. The molecule has 22 heavy (non-hydrogen) atoms. The Morgan fingerprint density at radius 2 is 1.95 bits per heavy atom. The predicted molar refractivity (Wildman–Crippen MR) is 85.5 cm³/mol. The van der Waals surface area contributed by atoms with Crippen molar-refractivity contribution in [3.05, 3.63) is 29.8 Å². The van der Waals surface area contributed by atoms with E-state index in [9.17, 15) is 9.90 Å². The Kier molecular flexibility index (Phi) is 6.68. The summed E-state index contributed by atoms with van der Waals surface area (Å²) in [4.78, 5) is 13.3. The third-order valence-electron chi connectivity index (χ3n) is 3.81. The topological polar surface area (TPSA) is 61.8 Å². The summed E-state index contributed by atoms with van der Waals surface area (Å²) in [5.41, 5.74) is 1.30. The van der Waals surface area contributed by atoms with Crippen molar-refractivity contribution < 1.29 is 14.6 Å². The van der Waals surface area contributed by atoms with E-state index in [4.69, 9.17) is 4.74 Å². The highest BCUT2D eigenvalue weighted by atomic mass is 16.5. The number of benzene rings is 1. The third kappa shape index (κ3) is 6.03. The monoisotopic (exact) mass is 306 g/mol. The van der Waals surface area contributed by atoms with Gasteiger partial charge in [-0.1, -0.05) is 18.6 Å². The first kappa shape index (κ1) is 16.8. The van der Waals surface area contributed by atoms with Crippen LogP contribution in [0.3, 0.4) is 0 Å². The molecule has 5 nitrogen and oxygen atoms in total. The number of hydrogen-bond acceptors (Lipinski definition) is 4. The first-order chi connectivity index (χ1) is 10.6. The maximum absolute atomic E-state index is 10.8. The van der Waals surface area contributed by atoms with Gasteiger partial charge in [0.1, 0.15) is 12.0 Å². The summed E-state index contributed by atoms with van der Waals surface area (Å²) in [6.45, 7) is 5.14. The van der Waals surface area contributed by atoms with Crippen LogP contribution in [0.5, 0.6) is 5.75 Å². The van der Waals surface area contributed by atoms with Gasteiger partial charge < -0.3 is 15.2 Å². The van der Waals surface area contributed by atoms with Crippen LogP contribution in [0.2, 0.25) is 0 Å². The van der Waals surface area contributed by atoms with E-state index in [0.29, 0.717) is 13.0 Å². The Hall–Kier alpha value is -1.59. The number of ether oxygens (including phenoxy) is 1. The summed E-state index contributed by atoms with van der Waals surface area (Å²) in [7, 11) is 0. The molecule has 1 aliphatic rings. The second-order valence-electron chi connectivity index (χ2n) is 5.83. The molecule has 1 saturated heterocycles. The lowest BCUT2D eigenvalue weighted by molar-refractivity contribution is -0.122. The number of nitrogens with zero attached hydrogens (tertiary/aromatic N) is 1. The van der Waals surface area contributed by atoms with Crippen LogP contribution in [0.1, 0.15) is 38.2 Å². The van der Waals surface area contributed by atoms with Gasteiger partial charge in [-0.3, -0.25) is 9.69 Å². The van der Waals surface area contributed by atoms with Gasteiger partial charge in [-0.25, -0.2) is 0 Å². The molecule has 1 aliphatic heterocycles. The summed E-state index contributed by atoms with van der Waals surface area (Å²) in [5, 5.41) is 11.9. The lowest BCUT2D eigenvalue weighted by Crippen LogP contribution is -2.33. The third-order valence-corrected chi connectivity index (χ3v) is 3.81. The highest BCUT2D eigenvalue weighted by Gasteiger charge is 2.10. The average molecular weight is 306 g/mol. The fourth-order valence-corrected chi connectivity index (χ4v) is 2.66. The molecule has 1 aromatic rings. The summed E-state index contributed by atoms with van der Waals surface area (Å²) in [6.07, 6.45) is 3.48. The number of likely N-dealkylation sites (tertiary alicyclic amines) is 1. The maximum atomic E-state index is 10.8. The van der Waals surface area contributed by atoms with Gasteiger partial charge in [-0.2, -0.15) is 0 Å². The molecule has 0 radical (unpaired) electrons. The summed E-state index contributed by atoms with van der Waals surface area (Å²) < 4.78 is 5.58. The van der Waals surface area contributed by atoms with Gasteiger partial charge in [0, 0.05) is 19.9 Å². The first-order valence-electron chi connectivity index (χ1n) is 8.03. The Morgan fingerprint density at radius 1 is 1.27 bits per heavy atom. The molecule has 122 valence electrons. The number of carbonyl (C=O) groups excluding carboxylic acids is 1. The lowest BCUT2D eigenvalue weighted by atomic mass is 10.1. The Morgan fingerprint density at radius 3 is 2.59 bits per heavy atom. The number of hydrogen-bond donors (Lipinski definition) is 2. The van der Waals surface area contributed by atoms with Crippen LogP contribution in [0.25, 0.3) is 0 Å². The molecule has 0 aromatic heterocycles. The summed E-state index contributed by atoms with van der Waals surface area (Å²) in [5.74, 6) is 0.548. The lowest BCUT2D eigenvalue weighted by Gasteiger charge is -2.26. The molecule has 2 rings (SSSR count). The highest BCUT2D eigenvalue weighted by Crippen LogP contribution is 2.16. The van der Waals surface area contributed by atoms with Gasteiger partial charge in [0.05, 0.1) is 6.61 Å². The molecule has 0 bridgehead atoms. The largest absolute Gasteiger partial charge is 0.493 e. The molecule has 2 N–H and O–H groups in total. The predicted octanol–water partition coefficient (Wildman–Crippen LogP) is 1.90. The number of aliphatic hydroxyl groups is 1. The first-order valence-corrected chi connectivity index (χ1v) is 8.03. The smallest absolute Gasteiger partial charge is 0.218 e. The molecule has 5 heteroatoms. The number of nitrogens with one attached hydrogen (secondary N) is 1. The fraction of sp³-hybridized carbons (Fsp3) is 0.588. The molecular formula is C17H26N2O3. The standard InChI is InChI=1S/C17H26N2O3/c1-14(20)18-17(21)9-12-22-16-7-5-15(6-8-16)13-19-10-3-2-4-11-19/h5-8,17,21H,2-4,9-13H2,1H3,(H,18,20). The fourth-order valence-electron chi connectivity index (χ4n) is 2.66. The number of amides is 1. The molecule has 0 saturated carbocycles.